The van der Waals surface area contributed by atoms with Gasteiger partial charge in [-0.25, -0.2) is 0 Å². The second-order valence-corrected chi connectivity index (χ2v) is 4.64. The highest BCUT2D eigenvalue weighted by Crippen LogP contribution is 2.35. The van der Waals surface area contributed by atoms with Crippen LogP contribution in [0, 0.1) is 0 Å². The molecule has 16 heavy (non-hydrogen) atoms. The fourth-order valence-electron chi connectivity index (χ4n) is 2.98. The molecule has 3 aliphatic heterocycles. The van der Waals surface area contributed by atoms with E-state index in [1.54, 1.807) is 7.11 Å². The first-order chi connectivity index (χ1) is 7.81. The number of hydrogen-bond acceptors (Lipinski definition) is 5. The summed E-state index contributed by atoms with van der Waals surface area (Å²) in [7, 11) is 1.67. The summed E-state index contributed by atoms with van der Waals surface area (Å²) in [5.74, 6) is 0. The molecule has 0 aromatic carbocycles. The minimum Gasteiger partial charge on any atom is -0.376 e. The molecule has 0 spiro atoms. The number of rotatable bonds is 1. The zero-order chi connectivity index (χ0) is 11.1. The van der Waals surface area contributed by atoms with Crippen LogP contribution in [0.2, 0.25) is 0 Å². The standard InChI is InChI=1S/C11H19NO4/c1-7-9-8(3-5-14-7)12-4-6-15-11(13-2)10(12)16-9/h7-11H,3-6H2,1-2H3. The highest BCUT2D eigenvalue weighted by atomic mass is 16.7. The Morgan fingerprint density at radius 1 is 1.25 bits per heavy atom. The SMILES string of the molecule is COC1OCCN2C3CCOC(C)C3OC12. The van der Waals surface area contributed by atoms with E-state index >= 15 is 0 Å². The maximum atomic E-state index is 6.04. The average molecular weight is 229 g/mol. The van der Waals surface area contributed by atoms with Crippen molar-refractivity contribution in [2.45, 2.75) is 44.1 Å². The summed E-state index contributed by atoms with van der Waals surface area (Å²) in [6.07, 6.45) is 1.06. The van der Waals surface area contributed by atoms with Gasteiger partial charge in [-0.1, -0.05) is 0 Å². The summed E-state index contributed by atoms with van der Waals surface area (Å²) >= 11 is 0. The molecule has 3 rings (SSSR count). The van der Waals surface area contributed by atoms with Crippen molar-refractivity contribution in [3.8, 4) is 0 Å². The van der Waals surface area contributed by atoms with E-state index in [0.717, 1.165) is 26.2 Å². The Morgan fingerprint density at radius 3 is 2.94 bits per heavy atom. The largest absolute Gasteiger partial charge is 0.376 e. The van der Waals surface area contributed by atoms with Crippen LogP contribution in [0.1, 0.15) is 13.3 Å². The molecule has 0 radical (unpaired) electrons. The van der Waals surface area contributed by atoms with Gasteiger partial charge in [-0.05, 0) is 13.3 Å². The van der Waals surface area contributed by atoms with Crippen LogP contribution >= 0.6 is 0 Å². The van der Waals surface area contributed by atoms with Gasteiger partial charge in [0.2, 0.25) is 0 Å². The van der Waals surface area contributed by atoms with Crippen LogP contribution in [0.15, 0.2) is 0 Å². The van der Waals surface area contributed by atoms with Crippen LogP contribution < -0.4 is 0 Å². The second-order valence-electron chi connectivity index (χ2n) is 4.64. The summed E-state index contributed by atoms with van der Waals surface area (Å²) in [6.45, 7) is 4.56. The maximum absolute atomic E-state index is 6.04. The van der Waals surface area contributed by atoms with Crippen molar-refractivity contribution in [2.24, 2.45) is 0 Å². The minimum absolute atomic E-state index is 0.0575. The Morgan fingerprint density at radius 2 is 2.12 bits per heavy atom. The summed E-state index contributed by atoms with van der Waals surface area (Å²) in [6, 6.07) is 0.468. The molecule has 3 heterocycles. The van der Waals surface area contributed by atoms with Gasteiger partial charge in [-0.2, -0.15) is 0 Å². The molecule has 0 bridgehead atoms. The van der Waals surface area contributed by atoms with Crippen molar-refractivity contribution in [3.63, 3.8) is 0 Å². The van der Waals surface area contributed by atoms with E-state index in [-0.39, 0.29) is 24.7 Å². The number of fused-ring (bicyclic) bond motifs is 3. The van der Waals surface area contributed by atoms with Crippen LogP contribution in [0.4, 0.5) is 0 Å². The molecule has 5 nitrogen and oxygen atoms in total. The number of nitrogens with zero attached hydrogens (tertiary/aromatic N) is 1. The van der Waals surface area contributed by atoms with Gasteiger partial charge in [0.1, 0.15) is 6.10 Å². The first-order valence-corrected chi connectivity index (χ1v) is 5.98. The molecular weight excluding hydrogens is 210 g/mol. The zero-order valence-electron chi connectivity index (χ0n) is 9.80. The second kappa shape index (κ2) is 4.23. The van der Waals surface area contributed by atoms with E-state index < -0.39 is 0 Å². The Balaban J connectivity index is 1.79. The highest BCUT2D eigenvalue weighted by Gasteiger charge is 2.51. The lowest BCUT2D eigenvalue weighted by molar-refractivity contribution is -0.246. The summed E-state index contributed by atoms with van der Waals surface area (Å²) in [5.41, 5.74) is 0. The predicted octanol–water partition coefficient (Wildman–Crippen LogP) is 0.193. The fourth-order valence-corrected chi connectivity index (χ4v) is 2.98. The summed E-state index contributed by atoms with van der Waals surface area (Å²) < 4.78 is 22.5. The summed E-state index contributed by atoms with van der Waals surface area (Å²) in [5, 5.41) is 0. The third-order valence-corrected chi connectivity index (χ3v) is 3.78. The Kier molecular flexibility index (Phi) is 2.89. The number of hydrogen-bond donors (Lipinski definition) is 0. The monoisotopic (exact) mass is 229 g/mol. The maximum Gasteiger partial charge on any atom is 0.197 e. The van der Waals surface area contributed by atoms with E-state index in [1.807, 2.05) is 0 Å². The molecule has 0 saturated carbocycles. The molecule has 5 atom stereocenters. The average Bonchev–Trinajstić information content (AvgIpc) is 2.69. The molecule has 5 unspecified atom stereocenters. The first-order valence-electron chi connectivity index (χ1n) is 5.98. The number of morpholine rings is 1. The van der Waals surface area contributed by atoms with Crippen molar-refractivity contribution in [1.82, 2.24) is 4.90 Å². The topological polar surface area (TPSA) is 40.2 Å². The minimum atomic E-state index is -0.258. The van der Waals surface area contributed by atoms with Crippen LogP contribution in [0.3, 0.4) is 0 Å². The molecular formula is C11H19NO4. The molecule has 0 N–H and O–H groups in total. The van der Waals surface area contributed by atoms with Crippen LogP contribution in [-0.4, -0.2) is 62.5 Å². The summed E-state index contributed by atoms with van der Waals surface area (Å²) in [4.78, 5) is 2.38. The van der Waals surface area contributed by atoms with E-state index in [1.165, 1.54) is 0 Å². The van der Waals surface area contributed by atoms with Gasteiger partial charge >= 0.3 is 0 Å². The number of methoxy groups -OCH3 is 1. The molecule has 0 aromatic rings. The quantitative estimate of drug-likeness (QED) is 0.642. The van der Waals surface area contributed by atoms with Crippen molar-refractivity contribution in [3.05, 3.63) is 0 Å². The van der Waals surface area contributed by atoms with Crippen molar-refractivity contribution >= 4 is 0 Å². The lowest BCUT2D eigenvalue weighted by atomic mass is 10.0. The fraction of sp³-hybridized carbons (Fsp3) is 1.00. The molecule has 3 saturated heterocycles. The van der Waals surface area contributed by atoms with E-state index in [2.05, 4.69) is 11.8 Å². The van der Waals surface area contributed by atoms with Crippen LogP contribution in [0.25, 0.3) is 0 Å². The molecule has 3 aliphatic rings. The lowest BCUT2D eigenvalue weighted by Crippen LogP contribution is -2.53. The van der Waals surface area contributed by atoms with Gasteiger partial charge in [0, 0.05) is 26.3 Å². The Labute approximate surface area is 95.6 Å². The molecule has 3 fully saturated rings. The number of ether oxygens (including phenoxy) is 4. The third kappa shape index (κ3) is 1.58. The third-order valence-electron chi connectivity index (χ3n) is 3.78. The van der Waals surface area contributed by atoms with E-state index in [4.69, 9.17) is 18.9 Å². The first kappa shape index (κ1) is 10.9. The Hall–Kier alpha value is -0.200. The highest BCUT2D eigenvalue weighted by molar-refractivity contribution is 4.96. The molecule has 5 heteroatoms. The molecule has 0 amide bonds. The molecule has 92 valence electrons. The van der Waals surface area contributed by atoms with E-state index in [0.29, 0.717) is 6.04 Å². The van der Waals surface area contributed by atoms with Crippen molar-refractivity contribution in [1.29, 1.82) is 0 Å². The smallest absolute Gasteiger partial charge is 0.197 e. The van der Waals surface area contributed by atoms with E-state index in [9.17, 15) is 0 Å². The molecule has 0 aliphatic carbocycles. The van der Waals surface area contributed by atoms with Gasteiger partial charge in [0.15, 0.2) is 12.5 Å². The molecule has 0 aromatic heterocycles. The normalized spacial score (nSPS) is 48.8. The van der Waals surface area contributed by atoms with Gasteiger partial charge in [-0.15, -0.1) is 0 Å². The van der Waals surface area contributed by atoms with Gasteiger partial charge in [0.05, 0.1) is 12.7 Å². The van der Waals surface area contributed by atoms with Crippen LogP contribution in [0.5, 0.6) is 0 Å². The predicted molar refractivity (Wildman–Crippen MR) is 55.9 cm³/mol. The van der Waals surface area contributed by atoms with Crippen LogP contribution in [-0.2, 0) is 18.9 Å². The lowest BCUT2D eigenvalue weighted by Gasteiger charge is -2.37. The zero-order valence-corrected chi connectivity index (χ0v) is 9.80. The Bertz CT molecular complexity index is 262. The van der Waals surface area contributed by atoms with Gasteiger partial charge < -0.3 is 18.9 Å². The van der Waals surface area contributed by atoms with Gasteiger partial charge in [-0.3, -0.25) is 4.90 Å². The van der Waals surface area contributed by atoms with Crippen molar-refractivity contribution in [2.75, 3.05) is 26.9 Å². The van der Waals surface area contributed by atoms with Gasteiger partial charge in [0.25, 0.3) is 0 Å². The van der Waals surface area contributed by atoms with Crippen molar-refractivity contribution < 1.29 is 18.9 Å².